The lowest BCUT2D eigenvalue weighted by atomic mass is 9.86. The quantitative estimate of drug-likeness (QED) is 0.735. The van der Waals surface area contributed by atoms with Crippen LogP contribution in [0.2, 0.25) is 5.15 Å². The van der Waals surface area contributed by atoms with E-state index in [0.717, 1.165) is 0 Å². The highest BCUT2D eigenvalue weighted by molar-refractivity contribution is 9.10. The van der Waals surface area contributed by atoms with E-state index in [1.807, 2.05) is 0 Å². The van der Waals surface area contributed by atoms with Crippen LogP contribution >= 0.6 is 27.5 Å². The Kier molecular flexibility index (Phi) is 2.81. The van der Waals surface area contributed by atoms with Gasteiger partial charge >= 0.3 is 0 Å². The van der Waals surface area contributed by atoms with Gasteiger partial charge in [0.2, 0.25) is 0 Å². The van der Waals surface area contributed by atoms with E-state index in [1.54, 1.807) is 13.0 Å². The first-order valence-electron chi connectivity index (χ1n) is 5.45. The molecule has 0 aliphatic carbocycles. The van der Waals surface area contributed by atoms with Gasteiger partial charge in [0.25, 0.3) is 0 Å². The van der Waals surface area contributed by atoms with Gasteiger partial charge in [0, 0.05) is 15.6 Å². The van der Waals surface area contributed by atoms with E-state index < -0.39 is 11.4 Å². The minimum atomic E-state index is -1.40. The molecule has 0 saturated carbocycles. The third-order valence-corrected chi connectivity index (χ3v) is 3.77. The number of fused-ring (bicyclic) bond motifs is 2. The second-order valence-corrected chi connectivity index (χ2v) is 5.74. The minimum absolute atomic E-state index is 0.00447. The smallest absolute Gasteiger partial charge is 0.169 e. The van der Waals surface area contributed by atoms with Crippen LogP contribution < -0.4 is 4.74 Å². The van der Waals surface area contributed by atoms with Crippen LogP contribution in [0, 0.1) is 5.82 Å². The molecule has 1 aliphatic rings. The van der Waals surface area contributed by atoms with Crippen LogP contribution in [0.5, 0.6) is 11.5 Å². The van der Waals surface area contributed by atoms with Crippen LogP contribution in [0.25, 0.3) is 0 Å². The van der Waals surface area contributed by atoms with Crippen LogP contribution in [-0.4, -0.2) is 10.1 Å². The summed E-state index contributed by atoms with van der Waals surface area (Å²) in [5, 5.41) is 10.9. The van der Waals surface area contributed by atoms with Gasteiger partial charge in [0.1, 0.15) is 10.8 Å². The van der Waals surface area contributed by atoms with Gasteiger partial charge in [-0.3, -0.25) is 0 Å². The van der Waals surface area contributed by atoms with Crippen molar-refractivity contribution in [2.45, 2.75) is 12.5 Å². The summed E-state index contributed by atoms with van der Waals surface area (Å²) in [7, 11) is 0. The lowest BCUT2D eigenvalue weighted by Crippen LogP contribution is -2.28. The van der Waals surface area contributed by atoms with Crippen molar-refractivity contribution in [3.63, 3.8) is 0 Å². The van der Waals surface area contributed by atoms with Crippen molar-refractivity contribution >= 4 is 27.5 Å². The second kappa shape index (κ2) is 4.16. The van der Waals surface area contributed by atoms with Gasteiger partial charge in [-0.25, -0.2) is 9.37 Å². The first-order valence-corrected chi connectivity index (χ1v) is 6.62. The molecule has 3 nitrogen and oxygen atoms in total. The second-order valence-electron chi connectivity index (χ2n) is 4.44. The summed E-state index contributed by atoms with van der Waals surface area (Å²) in [6, 6.07) is 4.41. The highest BCUT2D eigenvalue weighted by atomic mass is 79.9. The van der Waals surface area contributed by atoms with Gasteiger partial charge in [0.15, 0.2) is 17.3 Å². The first kappa shape index (κ1) is 12.8. The van der Waals surface area contributed by atoms with E-state index in [1.165, 1.54) is 18.3 Å². The molecule has 0 amide bonds. The van der Waals surface area contributed by atoms with E-state index >= 15 is 0 Å². The lowest BCUT2D eigenvalue weighted by Gasteiger charge is -2.33. The highest BCUT2D eigenvalue weighted by Crippen LogP contribution is 2.48. The average Bonchev–Trinajstić information content (AvgIpc) is 2.32. The number of hydrogen-bond acceptors (Lipinski definition) is 3. The molecular weight excluding hydrogens is 337 g/mol. The Balaban J connectivity index is 2.31. The minimum Gasteiger partial charge on any atom is -0.452 e. The molecule has 1 aromatic heterocycles. The molecule has 6 heteroatoms. The molecular formula is C13H8BrClFNO2. The van der Waals surface area contributed by atoms with Crippen LogP contribution in [0.3, 0.4) is 0 Å². The van der Waals surface area contributed by atoms with Gasteiger partial charge < -0.3 is 9.84 Å². The topological polar surface area (TPSA) is 42.4 Å². The van der Waals surface area contributed by atoms with Crippen molar-refractivity contribution < 1.29 is 14.2 Å². The summed E-state index contributed by atoms with van der Waals surface area (Å²) in [4.78, 5) is 3.88. The van der Waals surface area contributed by atoms with Crippen LogP contribution in [0.15, 0.2) is 28.9 Å². The van der Waals surface area contributed by atoms with Crippen molar-refractivity contribution in [2.75, 3.05) is 0 Å². The Morgan fingerprint density at radius 2 is 2.11 bits per heavy atom. The van der Waals surface area contributed by atoms with Crippen molar-refractivity contribution in [1.82, 2.24) is 4.98 Å². The van der Waals surface area contributed by atoms with Gasteiger partial charge in [0.05, 0.1) is 6.20 Å². The molecule has 0 radical (unpaired) electrons. The Morgan fingerprint density at radius 1 is 1.37 bits per heavy atom. The fourth-order valence-electron chi connectivity index (χ4n) is 2.16. The standard InChI is InChI=1S/C13H8BrClFNO2/c1-13(18)7-4-11(15)17-5-10(7)19-12-8(13)2-6(14)3-9(12)16/h2-5,18H,1H3. The zero-order valence-corrected chi connectivity index (χ0v) is 12.1. The molecule has 0 bridgehead atoms. The summed E-state index contributed by atoms with van der Waals surface area (Å²) < 4.78 is 19.9. The Hall–Kier alpha value is -1.17. The van der Waals surface area contributed by atoms with E-state index in [0.29, 0.717) is 21.3 Å². The largest absolute Gasteiger partial charge is 0.452 e. The monoisotopic (exact) mass is 343 g/mol. The lowest BCUT2D eigenvalue weighted by molar-refractivity contribution is 0.0886. The third-order valence-electron chi connectivity index (χ3n) is 3.10. The predicted octanol–water partition coefficient (Wildman–Crippen LogP) is 4.00. The summed E-state index contributed by atoms with van der Waals surface area (Å²) in [5.41, 5.74) is -0.605. The molecule has 1 N–H and O–H groups in total. The van der Waals surface area contributed by atoms with Gasteiger partial charge in [-0.1, -0.05) is 27.5 Å². The number of pyridine rings is 1. The molecule has 1 unspecified atom stereocenters. The summed E-state index contributed by atoms with van der Waals surface area (Å²) in [5.74, 6) is -0.252. The fraction of sp³-hybridized carbons (Fsp3) is 0.154. The zero-order chi connectivity index (χ0) is 13.8. The zero-order valence-electron chi connectivity index (χ0n) is 9.75. The maximum Gasteiger partial charge on any atom is 0.169 e. The van der Waals surface area contributed by atoms with E-state index in [9.17, 15) is 9.50 Å². The van der Waals surface area contributed by atoms with Crippen LogP contribution in [0.4, 0.5) is 4.39 Å². The van der Waals surface area contributed by atoms with Gasteiger partial charge in [-0.15, -0.1) is 0 Å². The molecule has 98 valence electrons. The fourth-order valence-corrected chi connectivity index (χ4v) is 2.75. The molecule has 2 heterocycles. The summed E-state index contributed by atoms with van der Waals surface area (Å²) >= 11 is 9.03. The molecule has 0 fully saturated rings. The molecule has 3 rings (SSSR count). The van der Waals surface area contributed by atoms with Crippen molar-refractivity contribution in [3.8, 4) is 11.5 Å². The maximum absolute atomic E-state index is 13.9. The van der Waals surface area contributed by atoms with E-state index in [4.69, 9.17) is 16.3 Å². The first-order chi connectivity index (χ1) is 8.89. The van der Waals surface area contributed by atoms with Crippen LogP contribution in [0.1, 0.15) is 18.1 Å². The highest BCUT2D eigenvalue weighted by Gasteiger charge is 2.38. The normalized spacial score (nSPS) is 20.5. The van der Waals surface area contributed by atoms with E-state index in [2.05, 4.69) is 20.9 Å². The Bertz CT molecular complexity index is 691. The number of aliphatic hydroxyl groups is 1. The van der Waals surface area contributed by atoms with Crippen LogP contribution in [-0.2, 0) is 5.60 Å². The van der Waals surface area contributed by atoms with Gasteiger partial charge in [-0.05, 0) is 25.1 Å². The SMILES string of the molecule is CC1(O)c2cc(Cl)ncc2Oc2c(F)cc(Br)cc21. The number of benzene rings is 1. The van der Waals surface area contributed by atoms with Gasteiger partial charge in [-0.2, -0.15) is 0 Å². The van der Waals surface area contributed by atoms with Crippen molar-refractivity contribution in [2.24, 2.45) is 0 Å². The maximum atomic E-state index is 13.9. The number of hydrogen-bond donors (Lipinski definition) is 1. The Morgan fingerprint density at radius 3 is 2.84 bits per heavy atom. The number of aromatic nitrogens is 1. The molecule has 0 saturated heterocycles. The van der Waals surface area contributed by atoms with Crippen molar-refractivity contribution in [1.29, 1.82) is 0 Å². The number of nitrogens with zero attached hydrogens (tertiary/aromatic N) is 1. The predicted molar refractivity (Wildman–Crippen MR) is 72.1 cm³/mol. The third kappa shape index (κ3) is 1.93. The number of ether oxygens (including phenoxy) is 1. The molecule has 1 aliphatic heterocycles. The molecule has 0 spiro atoms. The molecule has 1 aromatic carbocycles. The Labute approximate surface area is 122 Å². The summed E-state index contributed by atoms with van der Waals surface area (Å²) in [6.07, 6.45) is 1.37. The average molecular weight is 345 g/mol. The molecule has 2 aromatic rings. The number of halogens is 3. The van der Waals surface area contributed by atoms with E-state index in [-0.39, 0.29) is 10.9 Å². The van der Waals surface area contributed by atoms with Crippen molar-refractivity contribution in [3.05, 3.63) is 51.0 Å². The molecule has 1 atom stereocenters. The number of rotatable bonds is 0. The summed E-state index contributed by atoms with van der Waals surface area (Å²) in [6.45, 7) is 1.56. The molecule has 19 heavy (non-hydrogen) atoms.